The lowest BCUT2D eigenvalue weighted by Gasteiger charge is -2.27. The van der Waals surface area contributed by atoms with Gasteiger partial charge in [0.2, 0.25) is 0 Å². The molecule has 1 heterocycles. The number of hydrogen-bond acceptors (Lipinski definition) is 4. The van der Waals surface area contributed by atoms with Crippen molar-refractivity contribution in [3.8, 4) is 0 Å². The second-order valence-electron chi connectivity index (χ2n) is 5.61. The fourth-order valence-corrected chi connectivity index (χ4v) is 2.99. The maximum Gasteiger partial charge on any atom is 0.338 e. The first-order valence-electron chi connectivity index (χ1n) is 8.03. The molecule has 0 bridgehead atoms. The molecule has 0 aromatic heterocycles. The molecule has 0 spiro atoms. The van der Waals surface area contributed by atoms with Crippen LogP contribution >= 0.6 is 11.6 Å². The highest BCUT2D eigenvalue weighted by Crippen LogP contribution is 2.39. The summed E-state index contributed by atoms with van der Waals surface area (Å²) in [5.74, 6) is -1.04. The molecule has 3 rings (SSSR count). The number of ether oxygens (including phenoxy) is 2. The summed E-state index contributed by atoms with van der Waals surface area (Å²) >= 11 is 5.96. The van der Waals surface area contributed by atoms with Crippen LogP contribution in [0.15, 0.2) is 60.2 Å². The lowest BCUT2D eigenvalue weighted by molar-refractivity contribution is -0.141. The summed E-state index contributed by atoms with van der Waals surface area (Å²) in [6.07, 6.45) is 0.0755. The van der Waals surface area contributed by atoms with Crippen LogP contribution in [0.5, 0.6) is 0 Å². The monoisotopic (exact) mass is 356 g/mol. The smallest absolute Gasteiger partial charge is 0.338 e. The van der Waals surface area contributed by atoms with Crippen molar-refractivity contribution in [3.63, 3.8) is 0 Å². The third kappa shape index (κ3) is 3.74. The van der Waals surface area contributed by atoms with E-state index in [1.807, 2.05) is 30.3 Å². The van der Waals surface area contributed by atoms with Crippen molar-refractivity contribution in [2.75, 3.05) is 6.61 Å². The molecule has 2 aromatic rings. The first-order chi connectivity index (χ1) is 12.1. The molecule has 0 unspecified atom stereocenters. The second-order valence-corrected chi connectivity index (χ2v) is 6.05. The maximum atomic E-state index is 12.6. The topological polar surface area (TPSA) is 52.6 Å². The number of carbonyl (C=O) groups excluding carboxylic acids is 2. The highest BCUT2D eigenvalue weighted by molar-refractivity contribution is 6.30. The Kier molecular flexibility index (Phi) is 5.19. The zero-order valence-electron chi connectivity index (χ0n) is 13.7. The van der Waals surface area contributed by atoms with Gasteiger partial charge in [-0.2, -0.15) is 0 Å². The van der Waals surface area contributed by atoms with Gasteiger partial charge in [-0.25, -0.2) is 4.79 Å². The van der Waals surface area contributed by atoms with Crippen LogP contribution in [0.2, 0.25) is 5.02 Å². The molecule has 4 nitrogen and oxygen atoms in total. The summed E-state index contributed by atoms with van der Waals surface area (Å²) in [7, 11) is 0. The SMILES string of the molecule is CCOC(=O)C1=C(c2ccccc2)OC(=O)C[C@H]1c1ccc(Cl)cc1. The summed E-state index contributed by atoms with van der Waals surface area (Å²) in [6.45, 7) is 1.98. The van der Waals surface area contributed by atoms with Crippen LogP contribution < -0.4 is 0 Å². The van der Waals surface area contributed by atoms with E-state index in [1.165, 1.54) is 0 Å². The van der Waals surface area contributed by atoms with Gasteiger partial charge in [-0.3, -0.25) is 4.79 Å². The average Bonchev–Trinajstić information content (AvgIpc) is 2.62. The van der Waals surface area contributed by atoms with Gasteiger partial charge in [0.1, 0.15) is 5.76 Å². The maximum absolute atomic E-state index is 12.6. The number of carbonyl (C=O) groups is 2. The summed E-state index contributed by atoms with van der Waals surface area (Å²) in [4.78, 5) is 24.8. The van der Waals surface area contributed by atoms with Crippen LogP contribution in [0.1, 0.15) is 30.4 Å². The van der Waals surface area contributed by atoms with Gasteiger partial charge >= 0.3 is 11.9 Å². The van der Waals surface area contributed by atoms with Gasteiger partial charge in [-0.05, 0) is 24.6 Å². The van der Waals surface area contributed by atoms with Crippen molar-refractivity contribution in [1.29, 1.82) is 0 Å². The molecule has 0 fully saturated rings. The molecule has 25 heavy (non-hydrogen) atoms. The molecular formula is C20H17ClO4. The van der Waals surface area contributed by atoms with Gasteiger partial charge in [0, 0.05) is 16.5 Å². The molecule has 0 amide bonds. The van der Waals surface area contributed by atoms with Crippen LogP contribution in [-0.4, -0.2) is 18.5 Å². The highest BCUT2D eigenvalue weighted by atomic mass is 35.5. The Bertz CT molecular complexity index is 809. The molecule has 5 heteroatoms. The Morgan fingerprint density at radius 3 is 2.48 bits per heavy atom. The predicted molar refractivity (Wildman–Crippen MR) is 94.9 cm³/mol. The minimum atomic E-state index is -0.478. The molecule has 0 radical (unpaired) electrons. The van der Waals surface area contributed by atoms with Crippen LogP contribution in [0.3, 0.4) is 0 Å². The molecule has 1 aliphatic rings. The van der Waals surface area contributed by atoms with Crippen molar-refractivity contribution in [2.24, 2.45) is 0 Å². The number of benzene rings is 2. The number of esters is 2. The van der Waals surface area contributed by atoms with Gasteiger partial charge in [0.25, 0.3) is 0 Å². The lowest BCUT2D eigenvalue weighted by atomic mass is 9.84. The van der Waals surface area contributed by atoms with Crippen molar-refractivity contribution in [1.82, 2.24) is 0 Å². The molecule has 0 saturated heterocycles. The second kappa shape index (κ2) is 7.53. The molecule has 1 atom stereocenters. The highest BCUT2D eigenvalue weighted by Gasteiger charge is 2.36. The van der Waals surface area contributed by atoms with Gasteiger partial charge in [0.05, 0.1) is 18.6 Å². The first-order valence-corrected chi connectivity index (χ1v) is 8.40. The van der Waals surface area contributed by atoms with Crippen LogP contribution in [-0.2, 0) is 19.1 Å². The third-order valence-electron chi connectivity index (χ3n) is 3.98. The zero-order chi connectivity index (χ0) is 17.8. The average molecular weight is 357 g/mol. The molecule has 0 saturated carbocycles. The number of cyclic esters (lactones) is 1. The molecule has 0 N–H and O–H groups in total. The van der Waals surface area contributed by atoms with Crippen molar-refractivity contribution in [2.45, 2.75) is 19.3 Å². The minimum Gasteiger partial charge on any atom is -0.463 e. The fourth-order valence-electron chi connectivity index (χ4n) is 2.86. The van der Waals surface area contributed by atoms with Crippen molar-refractivity contribution in [3.05, 3.63) is 76.3 Å². The minimum absolute atomic E-state index is 0.0755. The van der Waals surface area contributed by atoms with E-state index in [0.717, 1.165) is 5.56 Å². The van der Waals surface area contributed by atoms with E-state index in [-0.39, 0.29) is 24.8 Å². The normalized spacial score (nSPS) is 17.2. The van der Waals surface area contributed by atoms with Crippen molar-refractivity contribution >= 4 is 29.3 Å². The van der Waals surface area contributed by atoms with E-state index >= 15 is 0 Å². The van der Waals surface area contributed by atoms with Crippen LogP contribution in [0, 0.1) is 0 Å². The molecule has 128 valence electrons. The number of halogens is 1. The predicted octanol–water partition coefficient (Wildman–Crippen LogP) is 4.34. The summed E-state index contributed by atoms with van der Waals surface area (Å²) < 4.78 is 10.7. The Morgan fingerprint density at radius 2 is 1.84 bits per heavy atom. The Balaban J connectivity index is 2.16. The van der Waals surface area contributed by atoms with Crippen LogP contribution in [0.4, 0.5) is 0 Å². The van der Waals surface area contributed by atoms with E-state index in [9.17, 15) is 9.59 Å². The summed E-state index contributed by atoms with van der Waals surface area (Å²) in [5.41, 5.74) is 1.84. The Morgan fingerprint density at radius 1 is 1.16 bits per heavy atom. The molecule has 2 aromatic carbocycles. The standard InChI is InChI=1S/C20H17ClO4/c1-2-24-20(23)18-16(13-8-10-15(21)11-9-13)12-17(22)25-19(18)14-6-4-3-5-7-14/h3-11,16H,2,12H2,1H3/t16-/m0/s1. The zero-order valence-corrected chi connectivity index (χ0v) is 14.5. The van der Waals surface area contributed by atoms with E-state index in [0.29, 0.717) is 16.2 Å². The van der Waals surface area contributed by atoms with Gasteiger partial charge in [-0.1, -0.05) is 54.1 Å². The Hall–Kier alpha value is -2.59. The number of hydrogen-bond donors (Lipinski definition) is 0. The van der Waals surface area contributed by atoms with Crippen LogP contribution in [0.25, 0.3) is 5.76 Å². The van der Waals surface area contributed by atoms with Crippen molar-refractivity contribution < 1.29 is 19.1 Å². The van der Waals surface area contributed by atoms with E-state index in [2.05, 4.69) is 0 Å². The van der Waals surface area contributed by atoms with Gasteiger partial charge in [-0.15, -0.1) is 0 Å². The third-order valence-corrected chi connectivity index (χ3v) is 4.24. The fraction of sp³-hybridized carbons (Fsp3) is 0.200. The number of rotatable bonds is 4. The van der Waals surface area contributed by atoms with E-state index < -0.39 is 11.9 Å². The molecule has 1 aliphatic heterocycles. The lowest BCUT2D eigenvalue weighted by Crippen LogP contribution is -2.25. The largest absolute Gasteiger partial charge is 0.463 e. The van der Waals surface area contributed by atoms with E-state index in [1.54, 1.807) is 31.2 Å². The quantitative estimate of drug-likeness (QED) is 0.764. The molecule has 0 aliphatic carbocycles. The summed E-state index contributed by atoms with van der Waals surface area (Å²) in [6, 6.07) is 16.2. The van der Waals surface area contributed by atoms with E-state index in [4.69, 9.17) is 21.1 Å². The first kappa shape index (κ1) is 17.2. The Labute approximate surface area is 151 Å². The van der Waals surface area contributed by atoms with Gasteiger partial charge in [0.15, 0.2) is 0 Å². The van der Waals surface area contributed by atoms with Gasteiger partial charge < -0.3 is 9.47 Å². The molecular weight excluding hydrogens is 340 g/mol. The summed E-state index contributed by atoms with van der Waals surface area (Å²) in [5, 5.41) is 0.590.